The van der Waals surface area contributed by atoms with Crippen molar-refractivity contribution < 1.29 is 33.1 Å². The number of hydrogen-bond acceptors (Lipinski definition) is 9. The number of hydrogen-bond donors (Lipinski definition) is 2. The molecule has 11 heteroatoms. The minimum atomic E-state index is -0.905. The van der Waals surface area contributed by atoms with Gasteiger partial charge in [0.1, 0.15) is 11.6 Å². The van der Waals surface area contributed by atoms with Gasteiger partial charge in [-0.25, -0.2) is 9.78 Å². The molecule has 3 aromatic rings. The molecule has 2 amide bonds. The topological polar surface area (TPSA) is 154 Å². The SMILES string of the molecule is NC1CCC(C[C@H](CC(=O)[C@@H]2C[C@@H](OCC3CCCCC3)CN2C(=O)[C@@H](CCc2ccccc2)NC(=O)OCC2CCCC2)C(=O)c2nc3ccccc3o2)CC1. The van der Waals surface area contributed by atoms with Crippen molar-refractivity contribution in [2.45, 2.75) is 140 Å². The zero-order valence-corrected chi connectivity index (χ0v) is 33.5. The summed E-state index contributed by atoms with van der Waals surface area (Å²) in [4.78, 5) is 63.2. The number of ether oxygens (including phenoxy) is 2. The van der Waals surface area contributed by atoms with Crippen LogP contribution in [0.4, 0.5) is 4.79 Å². The molecule has 0 unspecified atom stereocenters. The van der Waals surface area contributed by atoms with Crippen molar-refractivity contribution in [3.05, 3.63) is 66.1 Å². The first-order valence-electron chi connectivity index (χ1n) is 21.9. The maximum Gasteiger partial charge on any atom is 0.407 e. The van der Waals surface area contributed by atoms with E-state index in [1.165, 1.54) is 19.3 Å². The highest BCUT2D eigenvalue weighted by Crippen LogP contribution is 2.34. The number of nitrogens with zero attached hydrogens (tertiary/aromatic N) is 2. The highest BCUT2D eigenvalue weighted by atomic mass is 16.5. The van der Waals surface area contributed by atoms with Crippen LogP contribution in [0.15, 0.2) is 59.0 Å². The third-order valence-electron chi connectivity index (χ3n) is 13.1. The number of carbonyl (C=O) groups excluding carboxylic acids is 4. The number of nitrogens with two attached hydrogens (primary N) is 1. The molecule has 11 nitrogen and oxygen atoms in total. The molecule has 0 bridgehead atoms. The number of aromatic nitrogens is 1. The van der Waals surface area contributed by atoms with Gasteiger partial charge in [0.2, 0.25) is 11.7 Å². The lowest BCUT2D eigenvalue weighted by Crippen LogP contribution is -2.52. The van der Waals surface area contributed by atoms with E-state index in [1.54, 1.807) is 17.0 Å². The Kier molecular flexibility index (Phi) is 14.5. The van der Waals surface area contributed by atoms with Crippen molar-refractivity contribution in [2.24, 2.45) is 29.4 Å². The van der Waals surface area contributed by atoms with E-state index in [9.17, 15) is 19.2 Å². The van der Waals surface area contributed by atoms with Crippen LogP contribution in [-0.4, -0.2) is 77.4 Å². The molecule has 4 atom stereocenters. The zero-order valence-electron chi connectivity index (χ0n) is 33.5. The van der Waals surface area contributed by atoms with Crippen LogP contribution in [-0.2, 0) is 25.5 Å². The highest BCUT2D eigenvalue weighted by molar-refractivity contribution is 6.00. The summed E-state index contributed by atoms with van der Waals surface area (Å²) in [6.07, 6.45) is 14.5. The third kappa shape index (κ3) is 11.3. The van der Waals surface area contributed by atoms with Crippen LogP contribution < -0.4 is 11.1 Å². The van der Waals surface area contributed by atoms with Crippen LogP contribution in [0.5, 0.6) is 0 Å². The minimum absolute atomic E-state index is 0.0100. The third-order valence-corrected chi connectivity index (χ3v) is 13.1. The van der Waals surface area contributed by atoms with Crippen molar-refractivity contribution in [1.82, 2.24) is 15.2 Å². The summed E-state index contributed by atoms with van der Waals surface area (Å²) >= 11 is 0. The molecule has 1 aromatic heterocycles. The van der Waals surface area contributed by atoms with Crippen molar-refractivity contribution >= 4 is 34.7 Å². The van der Waals surface area contributed by atoms with Crippen LogP contribution >= 0.6 is 0 Å². The van der Waals surface area contributed by atoms with Gasteiger partial charge < -0.3 is 29.8 Å². The van der Waals surface area contributed by atoms with E-state index in [4.69, 9.17) is 19.6 Å². The van der Waals surface area contributed by atoms with Gasteiger partial charge in [0.05, 0.1) is 18.8 Å². The molecule has 1 saturated heterocycles. The number of ketones is 2. The Balaban J connectivity index is 1.11. The number of alkyl carbamates (subject to hydrolysis) is 1. The Bertz CT molecular complexity index is 1740. The van der Waals surface area contributed by atoms with Gasteiger partial charge in [0.15, 0.2) is 11.4 Å². The van der Waals surface area contributed by atoms with Crippen LogP contribution in [0.3, 0.4) is 0 Å². The molecule has 3 saturated carbocycles. The summed E-state index contributed by atoms with van der Waals surface area (Å²) in [5, 5.41) is 2.91. The van der Waals surface area contributed by atoms with Crippen molar-refractivity contribution in [3.8, 4) is 0 Å². The number of nitrogens with one attached hydrogen (secondary N) is 1. The normalized spacial score (nSPS) is 24.3. The summed E-state index contributed by atoms with van der Waals surface area (Å²) in [6.45, 7) is 1.17. The van der Waals surface area contributed by atoms with Crippen LogP contribution in [0.1, 0.15) is 125 Å². The molecule has 57 heavy (non-hydrogen) atoms. The number of rotatable bonds is 17. The van der Waals surface area contributed by atoms with Gasteiger partial charge in [-0.3, -0.25) is 14.4 Å². The monoisotopic (exact) mass is 782 g/mol. The Morgan fingerprint density at radius 3 is 2.25 bits per heavy atom. The van der Waals surface area contributed by atoms with E-state index in [0.29, 0.717) is 61.8 Å². The number of carbonyl (C=O) groups is 4. The van der Waals surface area contributed by atoms with Gasteiger partial charge in [-0.05, 0) is 106 Å². The summed E-state index contributed by atoms with van der Waals surface area (Å²) < 4.78 is 18.1. The molecule has 3 N–H and O–H groups in total. The van der Waals surface area contributed by atoms with E-state index in [2.05, 4.69) is 10.3 Å². The van der Waals surface area contributed by atoms with Gasteiger partial charge in [0, 0.05) is 38.0 Å². The standard InChI is InChI=1S/C46H62N4O7/c47-36-22-19-32(20-23-36)25-35(43(52)44-48-38-17-9-10-18-42(38)57-44)26-41(51)40-27-37(55-29-33-13-5-2-6-14-33)28-50(40)45(53)39(24-21-31-11-3-1-4-12-31)49-46(54)56-30-34-15-7-8-16-34/h1,3-4,9-12,17-18,32-37,39-40H,2,5-8,13-16,19-30,47H2,(H,49,54)/t32?,35-,36?,37-,39-,40+/m1/s1. The number of Topliss-reactive ketones (excluding diaryl/α,β-unsaturated/α-hetero) is 2. The molecule has 0 spiro atoms. The summed E-state index contributed by atoms with van der Waals surface area (Å²) in [5.41, 5.74) is 8.40. The zero-order chi connectivity index (χ0) is 39.6. The molecule has 4 aliphatic rings. The summed E-state index contributed by atoms with van der Waals surface area (Å²) in [5.74, 6) is -0.401. The second kappa shape index (κ2) is 20.1. The maximum atomic E-state index is 14.8. The van der Waals surface area contributed by atoms with E-state index in [1.807, 2.05) is 42.5 Å². The van der Waals surface area contributed by atoms with Crippen molar-refractivity contribution in [3.63, 3.8) is 0 Å². The smallest absolute Gasteiger partial charge is 0.407 e. The number of aryl methyl sites for hydroxylation is 1. The Labute approximate surface area is 337 Å². The first-order chi connectivity index (χ1) is 27.8. The number of likely N-dealkylation sites (tertiary alicyclic amines) is 1. The van der Waals surface area contributed by atoms with Gasteiger partial charge in [-0.2, -0.15) is 0 Å². The first-order valence-corrected chi connectivity index (χ1v) is 21.9. The molecular formula is C46H62N4O7. The summed E-state index contributed by atoms with van der Waals surface area (Å²) in [7, 11) is 0. The largest absolute Gasteiger partial charge is 0.449 e. The van der Waals surface area contributed by atoms with Gasteiger partial charge in [-0.1, -0.05) is 74.6 Å². The van der Waals surface area contributed by atoms with E-state index in [-0.39, 0.29) is 54.4 Å². The molecule has 3 aliphatic carbocycles. The second-order valence-electron chi connectivity index (χ2n) is 17.4. The van der Waals surface area contributed by atoms with Crippen molar-refractivity contribution in [2.75, 3.05) is 19.8 Å². The summed E-state index contributed by atoms with van der Waals surface area (Å²) in [6, 6.07) is 15.6. The molecule has 2 aromatic carbocycles. The lowest BCUT2D eigenvalue weighted by atomic mass is 9.78. The Morgan fingerprint density at radius 2 is 1.51 bits per heavy atom. The number of amides is 2. The Hall–Kier alpha value is -4.09. The van der Waals surface area contributed by atoms with E-state index >= 15 is 0 Å². The minimum Gasteiger partial charge on any atom is -0.449 e. The predicted molar refractivity (Wildman–Crippen MR) is 217 cm³/mol. The number of benzene rings is 2. The van der Waals surface area contributed by atoms with Crippen molar-refractivity contribution in [1.29, 1.82) is 0 Å². The molecule has 308 valence electrons. The number of fused-ring (bicyclic) bond motifs is 1. The lowest BCUT2D eigenvalue weighted by molar-refractivity contribution is -0.139. The predicted octanol–water partition coefficient (Wildman–Crippen LogP) is 7.98. The molecule has 7 rings (SSSR count). The average Bonchev–Trinajstić information content (AvgIpc) is 4.02. The fourth-order valence-electron chi connectivity index (χ4n) is 9.70. The molecule has 2 heterocycles. The maximum absolute atomic E-state index is 14.8. The van der Waals surface area contributed by atoms with E-state index in [0.717, 1.165) is 69.8 Å². The Morgan fingerprint density at radius 1 is 0.825 bits per heavy atom. The fraction of sp³-hybridized carbons (Fsp3) is 0.630. The molecule has 0 radical (unpaired) electrons. The van der Waals surface area contributed by atoms with Gasteiger partial charge >= 0.3 is 6.09 Å². The molecular weight excluding hydrogens is 721 g/mol. The first kappa shape index (κ1) is 41.1. The number of oxazole rings is 1. The van der Waals surface area contributed by atoms with Crippen LogP contribution in [0.2, 0.25) is 0 Å². The van der Waals surface area contributed by atoms with Crippen LogP contribution in [0, 0.1) is 23.7 Å². The highest BCUT2D eigenvalue weighted by Gasteiger charge is 2.44. The fourth-order valence-corrected chi connectivity index (χ4v) is 9.70. The molecule has 4 fully saturated rings. The van der Waals surface area contributed by atoms with Crippen LogP contribution in [0.25, 0.3) is 11.1 Å². The number of para-hydroxylation sites is 2. The lowest BCUT2D eigenvalue weighted by Gasteiger charge is -2.30. The average molecular weight is 783 g/mol. The van der Waals surface area contributed by atoms with Gasteiger partial charge in [-0.15, -0.1) is 0 Å². The molecule has 1 aliphatic heterocycles. The van der Waals surface area contributed by atoms with E-state index < -0.39 is 24.1 Å². The second-order valence-corrected chi connectivity index (χ2v) is 17.4. The quantitative estimate of drug-likeness (QED) is 0.130. The van der Waals surface area contributed by atoms with Gasteiger partial charge in [0.25, 0.3) is 5.89 Å².